The van der Waals surface area contributed by atoms with Crippen LogP contribution >= 0.6 is 0 Å². The van der Waals surface area contributed by atoms with Crippen LogP contribution < -0.4 is 11.1 Å². The standard InChI is InChI=1S/C48H82N2O5/c1-3-5-7-9-11-13-15-17-19-21-23-25-27-29-34-38-46(51)54-41-44(50-48(53)45(49)40-43-36-32-31-33-37-43)42-55-47(52)39-35-30-28-26-24-22-20-18-16-14-12-10-8-6-4-2/h17-20,31-33,36-37,44-45H,3-16,21-30,34-35,38-42,49H2,1-2H3,(H,50,53)/b19-17-,20-18-. The predicted octanol–water partition coefficient (Wildman–Crippen LogP) is 12.2. The van der Waals surface area contributed by atoms with Crippen LogP contribution in [0.5, 0.6) is 0 Å². The van der Waals surface area contributed by atoms with Crippen LogP contribution in [0.25, 0.3) is 0 Å². The fourth-order valence-electron chi connectivity index (χ4n) is 6.61. The van der Waals surface area contributed by atoms with Crippen molar-refractivity contribution in [3.63, 3.8) is 0 Å². The Balaban J connectivity index is 2.29. The third-order valence-corrected chi connectivity index (χ3v) is 10.2. The minimum absolute atomic E-state index is 0.0611. The summed E-state index contributed by atoms with van der Waals surface area (Å²) in [4.78, 5) is 38.1. The van der Waals surface area contributed by atoms with E-state index in [9.17, 15) is 14.4 Å². The zero-order valence-electron chi connectivity index (χ0n) is 35.4. The lowest BCUT2D eigenvalue weighted by atomic mass is 10.1. The maximum atomic E-state index is 13.0. The number of carbonyl (C=O) groups is 3. The van der Waals surface area contributed by atoms with E-state index >= 15 is 0 Å². The molecule has 0 aliphatic carbocycles. The molecule has 314 valence electrons. The molecular formula is C48H82N2O5. The molecule has 0 saturated heterocycles. The molecule has 1 unspecified atom stereocenters. The van der Waals surface area contributed by atoms with Crippen molar-refractivity contribution in [3.05, 3.63) is 60.2 Å². The Hall–Kier alpha value is -2.93. The van der Waals surface area contributed by atoms with Crippen LogP contribution in [0, 0.1) is 0 Å². The first-order chi connectivity index (χ1) is 27.0. The average Bonchev–Trinajstić information content (AvgIpc) is 3.19. The number of nitrogens with two attached hydrogens (primary N) is 1. The van der Waals surface area contributed by atoms with Gasteiger partial charge in [-0.25, -0.2) is 0 Å². The van der Waals surface area contributed by atoms with E-state index in [1.165, 1.54) is 103 Å². The molecule has 0 heterocycles. The van der Waals surface area contributed by atoms with E-state index < -0.39 is 12.1 Å². The number of hydrogen-bond acceptors (Lipinski definition) is 6. The van der Waals surface area contributed by atoms with E-state index in [-0.39, 0.29) is 31.1 Å². The number of hydrogen-bond donors (Lipinski definition) is 2. The monoisotopic (exact) mass is 767 g/mol. The normalized spacial score (nSPS) is 12.1. The van der Waals surface area contributed by atoms with Gasteiger partial charge in [0.1, 0.15) is 13.2 Å². The Bertz CT molecular complexity index is 1050. The summed E-state index contributed by atoms with van der Waals surface area (Å²) in [6, 6.07) is 8.16. The summed E-state index contributed by atoms with van der Waals surface area (Å²) in [7, 11) is 0. The summed E-state index contributed by atoms with van der Waals surface area (Å²) in [6.07, 6.45) is 41.5. The Morgan fingerprint density at radius 2 is 0.909 bits per heavy atom. The van der Waals surface area contributed by atoms with E-state index in [1.807, 2.05) is 30.3 Å². The Morgan fingerprint density at radius 3 is 1.31 bits per heavy atom. The summed E-state index contributed by atoms with van der Waals surface area (Å²) >= 11 is 0. The molecule has 1 aromatic rings. The lowest BCUT2D eigenvalue weighted by molar-refractivity contribution is -0.149. The van der Waals surface area contributed by atoms with Gasteiger partial charge in [-0.1, -0.05) is 171 Å². The number of nitrogens with one attached hydrogen (secondary N) is 1. The number of amides is 1. The molecule has 7 nitrogen and oxygen atoms in total. The van der Waals surface area contributed by atoms with Crippen molar-refractivity contribution < 1.29 is 23.9 Å². The van der Waals surface area contributed by atoms with E-state index in [1.54, 1.807) is 0 Å². The highest BCUT2D eigenvalue weighted by molar-refractivity contribution is 5.82. The molecule has 0 saturated carbocycles. The molecule has 7 heteroatoms. The largest absolute Gasteiger partial charge is 0.463 e. The van der Waals surface area contributed by atoms with Gasteiger partial charge in [-0.3, -0.25) is 14.4 Å². The van der Waals surface area contributed by atoms with Crippen LogP contribution in [0.1, 0.15) is 199 Å². The van der Waals surface area contributed by atoms with E-state index in [0.717, 1.165) is 69.8 Å². The first-order valence-electron chi connectivity index (χ1n) is 22.7. The van der Waals surface area contributed by atoms with Crippen molar-refractivity contribution in [2.24, 2.45) is 5.73 Å². The summed E-state index contributed by atoms with van der Waals surface area (Å²) < 4.78 is 11.1. The van der Waals surface area contributed by atoms with Gasteiger partial charge in [0.15, 0.2) is 0 Å². The van der Waals surface area contributed by atoms with Gasteiger partial charge in [0.2, 0.25) is 5.91 Å². The van der Waals surface area contributed by atoms with Crippen LogP contribution in [0.4, 0.5) is 0 Å². The van der Waals surface area contributed by atoms with E-state index in [2.05, 4.69) is 43.5 Å². The van der Waals surface area contributed by atoms with Gasteiger partial charge in [0.25, 0.3) is 0 Å². The Kier molecular flexibility index (Phi) is 34.6. The molecule has 1 atom stereocenters. The third-order valence-electron chi connectivity index (χ3n) is 10.2. The highest BCUT2D eigenvalue weighted by Gasteiger charge is 2.21. The van der Waals surface area contributed by atoms with Crippen LogP contribution in [0.15, 0.2) is 54.6 Å². The first kappa shape index (κ1) is 50.1. The van der Waals surface area contributed by atoms with Crippen molar-refractivity contribution >= 4 is 17.8 Å². The minimum Gasteiger partial charge on any atom is -0.463 e. The fraction of sp³-hybridized carbons (Fsp3) is 0.729. The molecule has 0 aliphatic heterocycles. The summed E-state index contributed by atoms with van der Waals surface area (Å²) in [5.74, 6) is -0.967. The number of ether oxygens (including phenoxy) is 2. The summed E-state index contributed by atoms with van der Waals surface area (Å²) in [6.45, 7) is 4.39. The molecule has 0 spiro atoms. The van der Waals surface area contributed by atoms with Gasteiger partial charge in [-0.05, 0) is 76.2 Å². The highest BCUT2D eigenvalue weighted by Crippen LogP contribution is 2.13. The quantitative estimate of drug-likeness (QED) is 0.0394. The molecule has 0 aliphatic rings. The van der Waals surface area contributed by atoms with Crippen molar-refractivity contribution in [2.75, 3.05) is 13.2 Å². The van der Waals surface area contributed by atoms with Crippen molar-refractivity contribution in [1.82, 2.24) is 5.32 Å². The van der Waals surface area contributed by atoms with Crippen LogP contribution in [-0.4, -0.2) is 43.1 Å². The second-order valence-electron chi connectivity index (χ2n) is 15.5. The highest BCUT2D eigenvalue weighted by atomic mass is 16.5. The van der Waals surface area contributed by atoms with Gasteiger partial charge in [-0.15, -0.1) is 0 Å². The molecule has 0 fully saturated rings. The summed E-state index contributed by atoms with van der Waals surface area (Å²) in [5.41, 5.74) is 7.17. The number of allylic oxidation sites excluding steroid dienone is 4. The second-order valence-corrected chi connectivity index (χ2v) is 15.5. The molecule has 3 N–H and O–H groups in total. The third kappa shape index (κ3) is 33.0. The lowest BCUT2D eigenvalue weighted by Crippen LogP contribution is -2.50. The molecule has 0 aromatic heterocycles. The summed E-state index contributed by atoms with van der Waals surface area (Å²) in [5, 5.41) is 2.86. The fourth-order valence-corrected chi connectivity index (χ4v) is 6.61. The number of carbonyl (C=O) groups excluding carboxylic acids is 3. The van der Waals surface area contributed by atoms with Crippen molar-refractivity contribution in [1.29, 1.82) is 0 Å². The Morgan fingerprint density at radius 1 is 0.545 bits per heavy atom. The Labute approximate surface area is 337 Å². The SMILES string of the molecule is CCCCCCCC/C=C\CCCCCCCC(=O)OCC(COC(=O)CCCCCCC/C=C\CCCCCCCC)NC(=O)C(N)Cc1ccccc1. The van der Waals surface area contributed by atoms with E-state index in [0.29, 0.717) is 19.3 Å². The van der Waals surface area contributed by atoms with Gasteiger partial charge in [-0.2, -0.15) is 0 Å². The number of unbranched alkanes of at least 4 members (excludes halogenated alkanes) is 22. The smallest absolute Gasteiger partial charge is 0.305 e. The number of benzene rings is 1. The lowest BCUT2D eigenvalue weighted by Gasteiger charge is -2.21. The maximum absolute atomic E-state index is 13.0. The van der Waals surface area contributed by atoms with E-state index in [4.69, 9.17) is 15.2 Å². The molecule has 55 heavy (non-hydrogen) atoms. The van der Waals surface area contributed by atoms with Gasteiger partial charge >= 0.3 is 11.9 Å². The molecule has 0 bridgehead atoms. The van der Waals surface area contributed by atoms with Crippen LogP contribution in [0.3, 0.4) is 0 Å². The predicted molar refractivity (Wildman–Crippen MR) is 231 cm³/mol. The van der Waals surface area contributed by atoms with Crippen molar-refractivity contribution in [3.8, 4) is 0 Å². The zero-order valence-corrected chi connectivity index (χ0v) is 35.4. The van der Waals surface area contributed by atoms with Gasteiger partial charge < -0.3 is 20.5 Å². The first-order valence-corrected chi connectivity index (χ1v) is 22.7. The number of esters is 2. The van der Waals surface area contributed by atoms with Crippen LogP contribution in [0.2, 0.25) is 0 Å². The maximum Gasteiger partial charge on any atom is 0.305 e. The molecule has 1 rings (SSSR count). The average molecular weight is 767 g/mol. The molecule has 1 aromatic carbocycles. The zero-order chi connectivity index (χ0) is 39.9. The molecule has 1 amide bonds. The number of rotatable bonds is 38. The van der Waals surface area contributed by atoms with Gasteiger partial charge in [0.05, 0.1) is 12.1 Å². The second kappa shape index (κ2) is 38.0. The minimum atomic E-state index is -0.775. The van der Waals surface area contributed by atoms with Gasteiger partial charge in [0, 0.05) is 12.8 Å². The topological polar surface area (TPSA) is 108 Å². The van der Waals surface area contributed by atoms with Crippen molar-refractivity contribution in [2.45, 2.75) is 212 Å². The van der Waals surface area contributed by atoms with Crippen LogP contribution in [-0.2, 0) is 30.3 Å². The molecule has 0 radical (unpaired) electrons. The molecular weight excluding hydrogens is 685 g/mol.